The van der Waals surface area contributed by atoms with Crippen LogP contribution in [0.2, 0.25) is 0 Å². The summed E-state index contributed by atoms with van der Waals surface area (Å²) in [5, 5.41) is -1.03. The second kappa shape index (κ2) is 11.0. The summed E-state index contributed by atoms with van der Waals surface area (Å²) in [5.41, 5.74) is 0. The molecule has 0 aromatic heterocycles. The highest BCUT2D eigenvalue weighted by atomic mass is 32.2. The molecule has 0 fully saturated rings. The Bertz CT molecular complexity index is 371. The molecule has 0 heterocycles. The molecule has 1 unspecified atom stereocenters. The minimum absolute atomic E-state index is 0.383. The highest BCUT2D eigenvalue weighted by Gasteiger charge is 2.28. The average Bonchev–Trinajstić information content (AvgIpc) is 2.43. The lowest BCUT2D eigenvalue weighted by Gasteiger charge is -2.25. The van der Waals surface area contributed by atoms with E-state index in [9.17, 15) is 13.2 Å². The van der Waals surface area contributed by atoms with Gasteiger partial charge >= 0.3 is 0 Å². The molecule has 21 heavy (non-hydrogen) atoms. The number of sulfone groups is 1. The highest BCUT2D eigenvalue weighted by Crippen LogP contribution is 2.04. The molecule has 0 spiro atoms. The van der Waals surface area contributed by atoms with Crippen LogP contribution in [0.25, 0.3) is 0 Å². The van der Waals surface area contributed by atoms with E-state index in [4.69, 9.17) is 9.47 Å². The Balaban J connectivity index is 4.50. The summed E-state index contributed by atoms with van der Waals surface area (Å²) in [7, 11) is -3.39. The summed E-state index contributed by atoms with van der Waals surface area (Å²) in [4.78, 5) is 13.8. The van der Waals surface area contributed by atoms with Crippen molar-refractivity contribution >= 4 is 15.7 Å². The molecule has 0 aliphatic rings. The molecule has 0 saturated carbocycles. The van der Waals surface area contributed by atoms with E-state index in [1.807, 2.05) is 13.8 Å². The van der Waals surface area contributed by atoms with Crippen LogP contribution >= 0.6 is 0 Å². The topological polar surface area (TPSA) is 72.9 Å². The van der Waals surface area contributed by atoms with Gasteiger partial charge in [0, 0.05) is 32.6 Å². The molecule has 0 N–H and O–H groups in total. The van der Waals surface area contributed by atoms with E-state index >= 15 is 0 Å². The van der Waals surface area contributed by atoms with Gasteiger partial charge in [0.2, 0.25) is 5.91 Å². The molecule has 126 valence electrons. The van der Waals surface area contributed by atoms with E-state index in [2.05, 4.69) is 0 Å². The van der Waals surface area contributed by atoms with Gasteiger partial charge < -0.3 is 14.4 Å². The second-order valence-electron chi connectivity index (χ2n) is 5.02. The third kappa shape index (κ3) is 9.06. The maximum Gasteiger partial charge on any atom is 0.240 e. The predicted octanol–water partition coefficient (Wildman–Crippen LogP) is 1.10. The number of rotatable bonds is 12. The number of hydrogen-bond donors (Lipinski definition) is 0. The van der Waals surface area contributed by atoms with Crippen LogP contribution < -0.4 is 0 Å². The molecule has 7 heteroatoms. The van der Waals surface area contributed by atoms with Gasteiger partial charge in [0.05, 0.1) is 13.2 Å². The normalized spacial score (nSPS) is 13.1. The van der Waals surface area contributed by atoms with Gasteiger partial charge in [0.15, 0.2) is 9.84 Å². The smallest absolute Gasteiger partial charge is 0.240 e. The molecule has 0 saturated heterocycles. The Morgan fingerprint density at radius 3 is 1.76 bits per heavy atom. The maximum atomic E-state index is 12.3. The summed E-state index contributed by atoms with van der Waals surface area (Å²) in [6.07, 6.45) is 2.90. The van der Waals surface area contributed by atoms with E-state index in [0.717, 1.165) is 19.1 Å². The predicted molar refractivity (Wildman–Crippen MR) is 83.1 cm³/mol. The molecule has 0 aromatic rings. The Labute approximate surface area is 128 Å². The third-order valence-corrected chi connectivity index (χ3v) is 4.50. The Kier molecular flexibility index (Phi) is 10.6. The monoisotopic (exact) mass is 323 g/mol. The van der Waals surface area contributed by atoms with Crippen LogP contribution in [-0.4, -0.2) is 70.2 Å². The van der Waals surface area contributed by atoms with Gasteiger partial charge in [-0.15, -0.1) is 0 Å². The largest absolute Gasteiger partial charge is 0.380 e. The standard InChI is InChI=1S/C14H29NO5S/c1-5-9-19-11-7-15(8-12-20-10-6-2)14(16)13(3)21(4,17)18/h13H,5-12H2,1-4H3. The van der Waals surface area contributed by atoms with Crippen molar-refractivity contribution in [1.29, 1.82) is 0 Å². The van der Waals surface area contributed by atoms with Gasteiger partial charge in [-0.1, -0.05) is 13.8 Å². The first-order chi connectivity index (χ1) is 9.84. The molecule has 0 bridgehead atoms. The molecule has 0 aliphatic heterocycles. The first-order valence-corrected chi connectivity index (χ1v) is 9.43. The first kappa shape index (κ1) is 20.3. The molecule has 0 rings (SSSR count). The molecule has 6 nitrogen and oxygen atoms in total. The highest BCUT2D eigenvalue weighted by molar-refractivity contribution is 7.92. The summed E-state index contributed by atoms with van der Waals surface area (Å²) in [6, 6.07) is 0. The molecular weight excluding hydrogens is 294 g/mol. The van der Waals surface area contributed by atoms with Crippen molar-refractivity contribution in [1.82, 2.24) is 4.90 Å². The Hall–Kier alpha value is -0.660. The zero-order valence-electron chi connectivity index (χ0n) is 13.6. The SMILES string of the molecule is CCCOCCN(CCOCCC)C(=O)C(C)S(C)(=O)=O. The fraction of sp³-hybridized carbons (Fsp3) is 0.929. The van der Waals surface area contributed by atoms with Gasteiger partial charge in [-0.3, -0.25) is 4.79 Å². The third-order valence-electron chi connectivity index (χ3n) is 3.01. The summed E-state index contributed by atoms with van der Waals surface area (Å²) < 4.78 is 33.8. The minimum atomic E-state index is -3.39. The summed E-state index contributed by atoms with van der Waals surface area (Å²) in [6.45, 7) is 8.28. The van der Waals surface area contributed by atoms with E-state index in [0.29, 0.717) is 39.5 Å². The first-order valence-electron chi connectivity index (χ1n) is 7.47. The number of hydrogen-bond acceptors (Lipinski definition) is 5. The van der Waals surface area contributed by atoms with Crippen molar-refractivity contribution in [3.63, 3.8) is 0 Å². The molecular formula is C14H29NO5S. The van der Waals surface area contributed by atoms with Crippen molar-refractivity contribution in [3.05, 3.63) is 0 Å². The van der Waals surface area contributed by atoms with E-state index in [1.165, 1.54) is 11.8 Å². The zero-order chi connectivity index (χ0) is 16.3. The lowest BCUT2D eigenvalue weighted by molar-refractivity contribution is -0.132. The number of ether oxygens (including phenoxy) is 2. The van der Waals surface area contributed by atoms with Gasteiger partial charge in [-0.2, -0.15) is 0 Å². The minimum Gasteiger partial charge on any atom is -0.380 e. The number of nitrogens with zero attached hydrogens (tertiary/aromatic N) is 1. The van der Waals surface area contributed by atoms with Crippen molar-refractivity contribution in [2.75, 3.05) is 45.8 Å². The van der Waals surface area contributed by atoms with Gasteiger partial charge in [-0.25, -0.2) is 8.42 Å². The Morgan fingerprint density at radius 1 is 1.00 bits per heavy atom. The van der Waals surface area contributed by atoms with Crippen LogP contribution in [-0.2, 0) is 24.1 Å². The quantitative estimate of drug-likeness (QED) is 0.503. The van der Waals surface area contributed by atoms with Crippen molar-refractivity contribution < 1.29 is 22.7 Å². The van der Waals surface area contributed by atoms with Crippen LogP contribution in [0.1, 0.15) is 33.6 Å². The number of carbonyl (C=O) groups is 1. The summed E-state index contributed by atoms with van der Waals surface area (Å²) in [5.74, 6) is -0.391. The zero-order valence-corrected chi connectivity index (χ0v) is 14.4. The van der Waals surface area contributed by atoms with Crippen LogP contribution in [0.3, 0.4) is 0 Å². The summed E-state index contributed by atoms with van der Waals surface area (Å²) >= 11 is 0. The van der Waals surface area contributed by atoms with Crippen LogP contribution in [0.15, 0.2) is 0 Å². The van der Waals surface area contributed by atoms with Gasteiger partial charge in [0.1, 0.15) is 5.25 Å². The molecule has 1 amide bonds. The van der Waals surface area contributed by atoms with Crippen LogP contribution in [0, 0.1) is 0 Å². The fourth-order valence-electron chi connectivity index (χ4n) is 1.61. The Morgan fingerprint density at radius 2 is 1.43 bits per heavy atom. The molecule has 0 aromatic carbocycles. The average molecular weight is 323 g/mol. The van der Waals surface area contributed by atoms with Crippen LogP contribution in [0.4, 0.5) is 0 Å². The lowest BCUT2D eigenvalue weighted by atomic mass is 10.3. The van der Waals surface area contributed by atoms with E-state index in [-0.39, 0.29) is 0 Å². The lowest BCUT2D eigenvalue weighted by Crippen LogP contribution is -2.44. The number of carbonyl (C=O) groups excluding carboxylic acids is 1. The maximum absolute atomic E-state index is 12.3. The van der Waals surface area contributed by atoms with Gasteiger partial charge in [-0.05, 0) is 19.8 Å². The molecule has 1 atom stereocenters. The fourth-order valence-corrected chi connectivity index (χ4v) is 2.13. The molecule has 0 aliphatic carbocycles. The van der Waals surface area contributed by atoms with Crippen molar-refractivity contribution in [2.24, 2.45) is 0 Å². The van der Waals surface area contributed by atoms with E-state index < -0.39 is 21.0 Å². The van der Waals surface area contributed by atoms with Crippen molar-refractivity contribution in [2.45, 2.75) is 38.9 Å². The van der Waals surface area contributed by atoms with Gasteiger partial charge in [0.25, 0.3) is 0 Å². The number of amides is 1. The second-order valence-corrected chi connectivity index (χ2v) is 7.39. The molecule has 0 radical (unpaired) electrons. The van der Waals surface area contributed by atoms with E-state index in [1.54, 1.807) is 0 Å². The van der Waals surface area contributed by atoms with Crippen molar-refractivity contribution in [3.8, 4) is 0 Å². The van der Waals surface area contributed by atoms with Crippen LogP contribution in [0.5, 0.6) is 0 Å².